The maximum atomic E-state index is 4.95. The van der Waals surface area contributed by atoms with Crippen LogP contribution >= 0.6 is 11.8 Å². The van der Waals surface area contributed by atoms with Crippen LogP contribution in [0.5, 0.6) is 0 Å². The van der Waals surface area contributed by atoms with Gasteiger partial charge in [-0.2, -0.15) is 0 Å². The van der Waals surface area contributed by atoms with Gasteiger partial charge in [-0.15, -0.1) is 11.8 Å². The lowest BCUT2D eigenvalue weighted by Gasteiger charge is -2.03. The Morgan fingerprint density at radius 3 is 2.71 bits per heavy atom. The zero-order valence-corrected chi connectivity index (χ0v) is 11.2. The van der Waals surface area contributed by atoms with Gasteiger partial charge in [0.25, 0.3) is 0 Å². The van der Waals surface area contributed by atoms with Gasteiger partial charge in [-0.1, -0.05) is 23.8 Å². The molecule has 0 aliphatic heterocycles. The van der Waals surface area contributed by atoms with Crippen molar-refractivity contribution < 1.29 is 9.47 Å². The van der Waals surface area contributed by atoms with Gasteiger partial charge in [-0.05, 0) is 30.8 Å². The van der Waals surface area contributed by atoms with Gasteiger partial charge < -0.3 is 9.47 Å². The molecule has 3 heteroatoms. The van der Waals surface area contributed by atoms with Crippen molar-refractivity contribution >= 4 is 11.8 Å². The molecule has 0 saturated heterocycles. The van der Waals surface area contributed by atoms with Crippen molar-refractivity contribution in [3.8, 4) is 23.7 Å². The molecule has 0 spiro atoms. The third-order valence-corrected chi connectivity index (χ3v) is 2.98. The maximum Gasteiger partial charge on any atom is 0.221 e. The molecule has 1 rings (SSSR count). The monoisotopic (exact) mass is 250 g/mol. The van der Waals surface area contributed by atoms with Gasteiger partial charge in [0.05, 0.1) is 11.5 Å². The lowest BCUT2D eigenvalue weighted by atomic mass is 10.2. The zero-order valence-electron chi connectivity index (χ0n) is 10.4. The summed E-state index contributed by atoms with van der Waals surface area (Å²) in [6, 6.07) is 0. The van der Waals surface area contributed by atoms with E-state index in [9.17, 15) is 0 Å². The third kappa shape index (κ3) is 6.44. The van der Waals surface area contributed by atoms with Crippen LogP contribution < -0.4 is 0 Å². The van der Waals surface area contributed by atoms with E-state index in [1.807, 2.05) is 0 Å². The first-order valence-electron chi connectivity index (χ1n) is 5.66. The molecule has 0 aromatic carbocycles. The second-order valence-electron chi connectivity index (χ2n) is 3.54. The van der Waals surface area contributed by atoms with E-state index >= 15 is 0 Å². The molecule has 0 heterocycles. The van der Waals surface area contributed by atoms with Gasteiger partial charge in [0.2, 0.25) is 6.29 Å². The molecule has 0 saturated carbocycles. The summed E-state index contributed by atoms with van der Waals surface area (Å²) in [7, 11) is 3.16. The summed E-state index contributed by atoms with van der Waals surface area (Å²) < 4.78 is 9.91. The average molecular weight is 250 g/mol. The van der Waals surface area contributed by atoms with Crippen LogP contribution in [0, 0.1) is 23.7 Å². The molecule has 0 aromatic rings. The molecular weight excluding hydrogens is 232 g/mol. The van der Waals surface area contributed by atoms with Crippen molar-refractivity contribution in [3.05, 3.63) is 11.6 Å². The molecule has 1 aliphatic rings. The van der Waals surface area contributed by atoms with E-state index in [0.717, 1.165) is 17.9 Å². The molecule has 0 amide bonds. The smallest absolute Gasteiger partial charge is 0.221 e. The summed E-state index contributed by atoms with van der Waals surface area (Å²) in [4.78, 5) is 0. The highest BCUT2D eigenvalue weighted by Gasteiger charge is 1.99. The van der Waals surface area contributed by atoms with Crippen molar-refractivity contribution in [2.75, 3.05) is 25.7 Å². The number of allylic oxidation sites excluding steroid dienone is 2. The fourth-order valence-corrected chi connectivity index (χ4v) is 1.89. The second-order valence-corrected chi connectivity index (χ2v) is 4.53. The molecule has 92 valence electrons. The minimum Gasteiger partial charge on any atom is -0.345 e. The maximum absolute atomic E-state index is 4.95. The van der Waals surface area contributed by atoms with Crippen molar-refractivity contribution in [1.29, 1.82) is 0 Å². The molecule has 0 aromatic heterocycles. The highest BCUT2D eigenvalue weighted by molar-refractivity contribution is 7.99. The Balaban J connectivity index is 2.11. The summed E-state index contributed by atoms with van der Waals surface area (Å²) in [6.07, 6.45) is 5.43. The van der Waals surface area contributed by atoms with Crippen LogP contribution in [0.4, 0.5) is 0 Å². The van der Waals surface area contributed by atoms with Gasteiger partial charge in [-0.3, -0.25) is 0 Å². The number of ether oxygens (including phenoxy) is 2. The molecular formula is C14H18O2S. The second kappa shape index (κ2) is 9.19. The summed E-state index contributed by atoms with van der Waals surface area (Å²) in [5.41, 5.74) is 1.30. The van der Waals surface area contributed by atoms with Gasteiger partial charge in [-0.25, -0.2) is 0 Å². The van der Waals surface area contributed by atoms with E-state index in [1.54, 1.807) is 26.0 Å². The third-order valence-electron chi connectivity index (χ3n) is 2.29. The predicted molar refractivity (Wildman–Crippen MR) is 72.6 cm³/mol. The average Bonchev–Trinajstić information content (AvgIpc) is 2.86. The van der Waals surface area contributed by atoms with Crippen LogP contribution in [-0.4, -0.2) is 32.0 Å². The van der Waals surface area contributed by atoms with Crippen LogP contribution in [-0.2, 0) is 9.47 Å². The summed E-state index contributed by atoms with van der Waals surface area (Å²) in [5.74, 6) is 13.8. The predicted octanol–water partition coefficient (Wildman–Crippen LogP) is 2.46. The lowest BCUT2D eigenvalue weighted by molar-refractivity contribution is -0.0595. The Kier molecular flexibility index (Phi) is 7.67. The lowest BCUT2D eigenvalue weighted by Crippen LogP contribution is -2.09. The molecule has 0 unspecified atom stereocenters. The zero-order chi connectivity index (χ0) is 12.3. The van der Waals surface area contributed by atoms with Gasteiger partial charge in [0, 0.05) is 14.2 Å². The molecule has 0 bridgehead atoms. The largest absolute Gasteiger partial charge is 0.345 e. The summed E-state index contributed by atoms with van der Waals surface area (Å²) in [6.45, 7) is 0. The molecule has 0 N–H and O–H groups in total. The molecule has 2 nitrogen and oxygen atoms in total. The van der Waals surface area contributed by atoms with Crippen LogP contribution in [0.15, 0.2) is 11.6 Å². The van der Waals surface area contributed by atoms with E-state index in [2.05, 4.69) is 29.8 Å². The standard InChI is InChI=1S/C14H18O2S/c1-15-14(16-2)10-6-12-17-11-5-9-13-7-3-4-8-13/h7,14H,3-4,8,11-12H2,1-2H3. The minimum absolute atomic E-state index is 0.412. The quantitative estimate of drug-likeness (QED) is 0.434. The van der Waals surface area contributed by atoms with Crippen LogP contribution in [0.1, 0.15) is 19.3 Å². The fourth-order valence-electron chi connectivity index (χ4n) is 1.43. The Hall–Kier alpha value is -0.870. The van der Waals surface area contributed by atoms with Crippen molar-refractivity contribution in [3.63, 3.8) is 0 Å². The summed E-state index contributed by atoms with van der Waals surface area (Å²) in [5, 5.41) is 0. The van der Waals surface area contributed by atoms with E-state index in [0.29, 0.717) is 0 Å². The first-order chi connectivity index (χ1) is 8.36. The van der Waals surface area contributed by atoms with Crippen LogP contribution in [0.2, 0.25) is 0 Å². The molecule has 1 aliphatic carbocycles. The Morgan fingerprint density at radius 2 is 2.06 bits per heavy atom. The van der Waals surface area contributed by atoms with Crippen LogP contribution in [0.25, 0.3) is 0 Å². The van der Waals surface area contributed by atoms with E-state index in [-0.39, 0.29) is 0 Å². The van der Waals surface area contributed by atoms with E-state index in [4.69, 9.17) is 9.47 Å². The Morgan fingerprint density at radius 1 is 1.29 bits per heavy atom. The van der Waals surface area contributed by atoms with E-state index in [1.165, 1.54) is 18.4 Å². The minimum atomic E-state index is -0.412. The number of rotatable bonds is 4. The van der Waals surface area contributed by atoms with Gasteiger partial charge in [0.15, 0.2) is 0 Å². The molecule has 0 fully saturated rings. The SMILES string of the molecule is COC(C#CCSCC#CC1=CCCC1)OC. The fraction of sp³-hybridized carbons (Fsp3) is 0.571. The first kappa shape index (κ1) is 14.2. The molecule has 17 heavy (non-hydrogen) atoms. The van der Waals surface area contributed by atoms with E-state index < -0.39 is 6.29 Å². The van der Waals surface area contributed by atoms with Gasteiger partial charge in [0.1, 0.15) is 0 Å². The summed E-state index contributed by atoms with van der Waals surface area (Å²) >= 11 is 1.71. The van der Waals surface area contributed by atoms with Crippen LogP contribution in [0.3, 0.4) is 0 Å². The van der Waals surface area contributed by atoms with Crippen molar-refractivity contribution in [1.82, 2.24) is 0 Å². The topological polar surface area (TPSA) is 18.5 Å². The highest BCUT2D eigenvalue weighted by atomic mass is 32.2. The molecule has 0 radical (unpaired) electrons. The van der Waals surface area contributed by atoms with Crippen molar-refractivity contribution in [2.24, 2.45) is 0 Å². The Bertz CT molecular complexity index is 361. The van der Waals surface area contributed by atoms with Gasteiger partial charge >= 0.3 is 0 Å². The number of methoxy groups -OCH3 is 2. The number of hydrogen-bond acceptors (Lipinski definition) is 3. The number of hydrogen-bond donors (Lipinski definition) is 0. The first-order valence-corrected chi connectivity index (χ1v) is 6.82. The number of thioether (sulfide) groups is 1. The normalized spacial score (nSPS) is 13.7. The Labute approximate surface area is 108 Å². The van der Waals surface area contributed by atoms with Crippen molar-refractivity contribution in [2.45, 2.75) is 25.6 Å². The molecule has 0 atom stereocenters. The highest BCUT2D eigenvalue weighted by Crippen LogP contribution is 2.16.